The molecule has 2 aliphatic carbocycles. The van der Waals surface area contributed by atoms with Gasteiger partial charge in [0.1, 0.15) is 0 Å². The summed E-state index contributed by atoms with van der Waals surface area (Å²) in [5, 5.41) is 3.07. The van der Waals surface area contributed by atoms with E-state index in [0.717, 1.165) is 12.1 Å². The van der Waals surface area contributed by atoms with E-state index in [1.807, 2.05) is 19.9 Å². The second kappa shape index (κ2) is 5.61. The summed E-state index contributed by atoms with van der Waals surface area (Å²) in [5.74, 6) is -0.109. The van der Waals surface area contributed by atoms with Crippen LogP contribution in [-0.2, 0) is 9.59 Å². The molecule has 0 bridgehead atoms. The molecule has 0 aromatic rings. The van der Waals surface area contributed by atoms with Gasteiger partial charge in [-0.15, -0.1) is 0 Å². The average Bonchev–Trinajstić information content (AvgIpc) is 2.29. The molecular weight excluding hydrogens is 353 g/mol. The molecule has 0 amide bonds. The second-order valence-corrected chi connectivity index (χ2v) is 7.44. The van der Waals surface area contributed by atoms with Crippen molar-refractivity contribution in [2.45, 2.75) is 37.0 Å². The lowest BCUT2D eigenvalue weighted by Crippen LogP contribution is -2.32. The van der Waals surface area contributed by atoms with Gasteiger partial charge in [0, 0.05) is 28.7 Å². The third kappa shape index (κ3) is 3.78. The van der Waals surface area contributed by atoms with Crippen LogP contribution in [0.4, 0.5) is 0 Å². The minimum Gasteiger partial charge on any atom is -0.361 e. The molecule has 4 heteroatoms. The quantitative estimate of drug-likeness (QED) is 0.351. The maximum Gasteiger partial charge on any atom is 0.168 e. The predicted octanol–water partition coefficient (Wildman–Crippen LogP) is 3.07. The van der Waals surface area contributed by atoms with Gasteiger partial charge in [0.05, 0.1) is 5.57 Å². The van der Waals surface area contributed by atoms with Crippen molar-refractivity contribution in [2.24, 2.45) is 5.41 Å². The van der Waals surface area contributed by atoms with E-state index < -0.39 is 0 Å². The van der Waals surface area contributed by atoms with Crippen molar-refractivity contribution < 1.29 is 9.59 Å². The highest BCUT2D eigenvalue weighted by Gasteiger charge is 2.35. The highest BCUT2D eigenvalue weighted by atomic mass is 127. The Morgan fingerprint density at radius 3 is 2.47 bits per heavy atom. The maximum absolute atomic E-state index is 12.0. The van der Waals surface area contributed by atoms with Crippen LogP contribution in [0.2, 0.25) is 0 Å². The van der Waals surface area contributed by atoms with Crippen LogP contribution in [0.5, 0.6) is 0 Å². The van der Waals surface area contributed by atoms with Gasteiger partial charge in [-0.2, -0.15) is 0 Å². The van der Waals surface area contributed by atoms with Crippen LogP contribution in [-0.4, -0.2) is 15.5 Å². The molecule has 102 valence electrons. The van der Waals surface area contributed by atoms with Crippen LogP contribution >= 0.6 is 22.6 Å². The molecule has 1 atom stereocenters. The molecule has 0 saturated heterocycles. The van der Waals surface area contributed by atoms with Crippen LogP contribution in [0.1, 0.15) is 33.1 Å². The third-order valence-corrected chi connectivity index (χ3v) is 4.23. The standard InChI is InChI=1S/C15H18INO2/c1-15(2)7-13(18)12(14(19)8-15)9-17-11-5-3-10(16)4-6-11/h3,5-6,9-10,17H,4,7-8H2,1-2H3. The molecule has 0 aliphatic heterocycles. The lowest BCUT2D eigenvalue weighted by atomic mass is 9.74. The maximum atomic E-state index is 12.0. The minimum atomic E-state index is -0.204. The lowest BCUT2D eigenvalue weighted by Gasteiger charge is -2.28. The lowest BCUT2D eigenvalue weighted by molar-refractivity contribution is -0.127. The summed E-state index contributed by atoms with van der Waals surface area (Å²) in [6, 6.07) is 0. The van der Waals surface area contributed by atoms with Crippen molar-refractivity contribution in [3.8, 4) is 0 Å². The summed E-state index contributed by atoms with van der Waals surface area (Å²) in [4.78, 5) is 24.0. The first-order chi connectivity index (χ1) is 8.87. The van der Waals surface area contributed by atoms with E-state index in [2.05, 4.69) is 40.1 Å². The zero-order valence-corrected chi connectivity index (χ0v) is 13.4. The highest BCUT2D eigenvalue weighted by molar-refractivity contribution is 14.1. The van der Waals surface area contributed by atoms with Gasteiger partial charge in [-0.3, -0.25) is 9.59 Å². The number of hydrogen-bond donors (Lipinski definition) is 1. The topological polar surface area (TPSA) is 46.2 Å². The summed E-state index contributed by atoms with van der Waals surface area (Å²) in [5.41, 5.74) is 1.06. The summed E-state index contributed by atoms with van der Waals surface area (Å²) in [6.45, 7) is 3.92. The van der Waals surface area contributed by atoms with E-state index in [-0.39, 0.29) is 17.0 Å². The molecule has 0 aromatic carbocycles. The molecule has 3 nitrogen and oxygen atoms in total. The Morgan fingerprint density at radius 1 is 1.32 bits per heavy atom. The number of hydrogen-bond acceptors (Lipinski definition) is 3. The molecular formula is C15H18INO2. The van der Waals surface area contributed by atoms with Gasteiger partial charge in [0.2, 0.25) is 0 Å². The Hall–Kier alpha value is -0.910. The number of halogens is 1. The van der Waals surface area contributed by atoms with Gasteiger partial charge < -0.3 is 5.32 Å². The first kappa shape index (κ1) is 14.5. The fourth-order valence-electron chi connectivity index (χ4n) is 2.30. The van der Waals surface area contributed by atoms with Crippen molar-refractivity contribution >= 4 is 34.2 Å². The Bertz CT molecular complexity index is 478. The van der Waals surface area contributed by atoms with E-state index in [9.17, 15) is 9.59 Å². The zero-order chi connectivity index (χ0) is 14.0. The molecule has 1 unspecified atom stereocenters. The van der Waals surface area contributed by atoms with Crippen molar-refractivity contribution in [1.82, 2.24) is 5.32 Å². The van der Waals surface area contributed by atoms with Crippen LogP contribution in [0.15, 0.2) is 35.7 Å². The van der Waals surface area contributed by atoms with Gasteiger partial charge in [0.15, 0.2) is 11.6 Å². The monoisotopic (exact) mass is 371 g/mol. The fourth-order valence-corrected chi connectivity index (χ4v) is 2.76. The largest absolute Gasteiger partial charge is 0.361 e. The molecule has 1 saturated carbocycles. The summed E-state index contributed by atoms with van der Waals surface area (Å²) < 4.78 is 0.523. The van der Waals surface area contributed by atoms with E-state index in [0.29, 0.717) is 22.3 Å². The minimum absolute atomic E-state index is 0.0547. The summed E-state index contributed by atoms with van der Waals surface area (Å²) in [7, 11) is 0. The SMILES string of the molecule is CC1(C)CC(=O)C(=CNC2=CCC(I)C=C2)C(=O)C1. The van der Waals surface area contributed by atoms with Gasteiger partial charge >= 0.3 is 0 Å². The fraction of sp³-hybridized carbons (Fsp3) is 0.467. The van der Waals surface area contributed by atoms with Crippen molar-refractivity contribution in [2.75, 3.05) is 0 Å². The third-order valence-electron chi connectivity index (χ3n) is 3.31. The van der Waals surface area contributed by atoms with Crippen molar-refractivity contribution in [3.05, 3.63) is 35.7 Å². The number of carbonyl (C=O) groups is 2. The van der Waals surface area contributed by atoms with Gasteiger partial charge in [-0.1, -0.05) is 48.6 Å². The molecule has 1 fully saturated rings. The molecule has 0 radical (unpaired) electrons. The molecule has 0 heterocycles. The first-order valence-corrected chi connectivity index (χ1v) is 7.67. The van der Waals surface area contributed by atoms with E-state index in [4.69, 9.17) is 0 Å². The normalized spacial score (nSPS) is 26.2. The number of Topliss-reactive ketones (excluding diaryl/α,β-unsaturated/α-hetero) is 2. The highest BCUT2D eigenvalue weighted by Crippen LogP contribution is 2.33. The summed E-state index contributed by atoms with van der Waals surface area (Å²) in [6.07, 6.45) is 9.60. The van der Waals surface area contributed by atoms with Crippen molar-refractivity contribution in [1.29, 1.82) is 0 Å². The van der Waals surface area contributed by atoms with Crippen LogP contribution in [0, 0.1) is 5.41 Å². The number of ketones is 2. The zero-order valence-electron chi connectivity index (χ0n) is 11.2. The number of nitrogens with one attached hydrogen (secondary N) is 1. The van der Waals surface area contributed by atoms with Crippen LogP contribution in [0.25, 0.3) is 0 Å². The smallest absolute Gasteiger partial charge is 0.168 e. The Labute approximate surface area is 127 Å². The number of allylic oxidation sites excluding steroid dienone is 4. The van der Waals surface area contributed by atoms with E-state index >= 15 is 0 Å². The molecule has 19 heavy (non-hydrogen) atoms. The van der Waals surface area contributed by atoms with Gasteiger partial charge in [0.25, 0.3) is 0 Å². The van der Waals surface area contributed by atoms with Crippen molar-refractivity contribution in [3.63, 3.8) is 0 Å². The van der Waals surface area contributed by atoms with E-state index in [1.54, 1.807) is 6.20 Å². The number of carbonyl (C=O) groups excluding carboxylic acids is 2. The molecule has 1 N–H and O–H groups in total. The van der Waals surface area contributed by atoms with E-state index in [1.165, 1.54) is 0 Å². The average molecular weight is 371 g/mol. The Kier molecular flexibility index (Phi) is 4.28. The molecule has 0 aromatic heterocycles. The molecule has 0 spiro atoms. The van der Waals surface area contributed by atoms with Crippen LogP contribution in [0.3, 0.4) is 0 Å². The summed E-state index contributed by atoms with van der Waals surface area (Å²) >= 11 is 2.37. The number of rotatable bonds is 2. The molecule has 2 rings (SSSR count). The second-order valence-electron chi connectivity index (χ2n) is 5.84. The first-order valence-electron chi connectivity index (χ1n) is 6.43. The van der Waals surface area contributed by atoms with Gasteiger partial charge in [-0.05, 0) is 17.9 Å². The Balaban J connectivity index is 2.06. The predicted molar refractivity (Wildman–Crippen MR) is 83.9 cm³/mol. The number of alkyl halides is 1. The molecule has 2 aliphatic rings. The van der Waals surface area contributed by atoms with Gasteiger partial charge in [-0.25, -0.2) is 0 Å². The van der Waals surface area contributed by atoms with Crippen LogP contribution < -0.4 is 5.32 Å². The Morgan fingerprint density at radius 2 is 1.95 bits per heavy atom.